The molecule has 4 heterocycles. The molecule has 1 unspecified atom stereocenters. The van der Waals surface area contributed by atoms with Crippen LogP contribution in [0.3, 0.4) is 0 Å². The van der Waals surface area contributed by atoms with Crippen molar-refractivity contribution in [3.05, 3.63) is 52.0 Å². The number of carboxylic acids is 2. The molecule has 1 amide bonds. The van der Waals surface area contributed by atoms with Gasteiger partial charge in [-0.1, -0.05) is 0 Å². The zero-order valence-corrected chi connectivity index (χ0v) is 21.3. The molecule has 8 nitrogen and oxygen atoms in total. The van der Waals surface area contributed by atoms with Crippen LogP contribution >= 0.6 is 11.3 Å². The zero-order valence-electron chi connectivity index (χ0n) is 20.5. The number of hydrogen-bond acceptors (Lipinski definition) is 6. The number of nitrogens with zero attached hydrogens (tertiary/aromatic N) is 2. The monoisotopic (exact) mass is 583 g/mol. The lowest BCUT2D eigenvalue weighted by Crippen LogP contribution is -2.38. The van der Waals surface area contributed by atoms with E-state index in [0.717, 1.165) is 43.8 Å². The summed E-state index contributed by atoms with van der Waals surface area (Å²) >= 11 is 1.67. The lowest BCUT2D eigenvalue weighted by Gasteiger charge is -2.31. The molecule has 0 bridgehead atoms. The number of thiophene rings is 1. The summed E-state index contributed by atoms with van der Waals surface area (Å²) in [5.41, 5.74) is 1.35. The van der Waals surface area contributed by atoms with E-state index in [1.807, 2.05) is 23.4 Å². The van der Waals surface area contributed by atoms with E-state index in [1.54, 1.807) is 11.3 Å². The fraction of sp³-hybridized carbons (Fsp3) is 0.500. The number of halogens is 6. The average Bonchev–Trinajstić information content (AvgIpc) is 3.57. The molecule has 2 saturated heterocycles. The molecule has 2 aliphatic rings. The summed E-state index contributed by atoms with van der Waals surface area (Å²) in [6.07, 6.45) is -0.734. The lowest BCUT2D eigenvalue weighted by atomic mass is 9.90. The van der Waals surface area contributed by atoms with Gasteiger partial charge < -0.3 is 20.4 Å². The Morgan fingerprint density at radius 1 is 0.923 bits per heavy atom. The van der Waals surface area contributed by atoms with E-state index in [-0.39, 0.29) is 5.91 Å². The molecule has 15 heteroatoms. The van der Waals surface area contributed by atoms with Gasteiger partial charge in [0.05, 0.1) is 4.88 Å². The second-order valence-corrected chi connectivity index (χ2v) is 9.87. The predicted molar refractivity (Wildman–Crippen MR) is 128 cm³/mol. The molecule has 216 valence electrons. The van der Waals surface area contributed by atoms with Crippen molar-refractivity contribution in [2.75, 3.05) is 19.6 Å². The van der Waals surface area contributed by atoms with Crippen molar-refractivity contribution >= 4 is 29.2 Å². The lowest BCUT2D eigenvalue weighted by molar-refractivity contribution is -0.193. The normalized spacial score (nSPS) is 17.9. The van der Waals surface area contributed by atoms with E-state index in [2.05, 4.69) is 28.5 Å². The fourth-order valence-corrected chi connectivity index (χ4v) is 5.02. The number of nitrogens with one attached hydrogen (secondary N) is 1. The third kappa shape index (κ3) is 10.8. The van der Waals surface area contributed by atoms with Crippen LogP contribution in [-0.4, -0.2) is 69.9 Å². The number of likely N-dealkylation sites (tertiary alicyclic amines) is 1. The van der Waals surface area contributed by atoms with Gasteiger partial charge in [0.2, 0.25) is 0 Å². The minimum atomic E-state index is -5.08. The molecule has 2 aromatic rings. The molecule has 2 fully saturated rings. The van der Waals surface area contributed by atoms with Crippen LogP contribution in [0.15, 0.2) is 36.7 Å². The summed E-state index contributed by atoms with van der Waals surface area (Å²) in [5, 5.41) is 17.8. The molecule has 0 saturated carbocycles. The molecule has 4 rings (SSSR count). The van der Waals surface area contributed by atoms with Crippen molar-refractivity contribution in [2.45, 2.75) is 50.5 Å². The first-order valence-corrected chi connectivity index (χ1v) is 12.6. The summed E-state index contributed by atoms with van der Waals surface area (Å²) in [5.74, 6) is -4.62. The second kappa shape index (κ2) is 14.3. The van der Waals surface area contributed by atoms with Crippen LogP contribution in [0.1, 0.15) is 51.8 Å². The zero-order chi connectivity index (χ0) is 29.2. The highest BCUT2D eigenvalue weighted by atomic mass is 32.1. The Kier molecular flexibility index (Phi) is 11.7. The highest BCUT2D eigenvalue weighted by molar-refractivity contribution is 7.14. The van der Waals surface area contributed by atoms with Gasteiger partial charge >= 0.3 is 24.3 Å². The van der Waals surface area contributed by atoms with Crippen molar-refractivity contribution in [1.82, 2.24) is 15.2 Å². The Morgan fingerprint density at radius 3 is 1.92 bits per heavy atom. The number of carbonyl (C=O) groups is 3. The van der Waals surface area contributed by atoms with Gasteiger partial charge in [-0.05, 0) is 74.4 Å². The third-order valence-electron chi connectivity index (χ3n) is 5.90. The molecule has 1 atom stereocenters. The molecule has 2 aromatic heterocycles. The second-order valence-electron chi connectivity index (χ2n) is 8.75. The van der Waals surface area contributed by atoms with Gasteiger partial charge in [-0.3, -0.25) is 9.78 Å². The Labute approximate surface area is 223 Å². The maximum absolute atomic E-state index is 12.8. The van der Waals surface area contributed by atoms with Crippen LogP contribution < -0.4 is 5.32 Å². The SMILES string of the molecule is O=C(O)C(F)(F)F.O=C(O)C(F)(F)F.O=C(c1ccc(C2CCCN2)s1)N1CCC(Cc2ccncc2)CC1. The van der Waals surface area contributed by atoms with E-state index in [9.17, 15) is 31.1 Å². The summed E-state index contributed by atoms with van der Waals surface area (Å²) in [6, 6.07) is 8.81. The summed E-state index contributed by atoms with van der Waals surface area (Å²) in [6.45, 7) is 2.85. The number of pyridine rings is 1. The number of aromatic nitrogens is 1. The van der Waals surface area contributed by atoms with Crippen LogP contribution in [0, 0.1) is 5.92 Å². The molecule has 39 heavy (non-hydrogen) atoms. The Morgan fingerprint density at radius 2 is 1.46 bits per heavy atom. The van der Waals surface area contributed by atoms with Crippen molar-refractivity contribution < 1.29 is 50.9 Å². The number of piperidine rings is 1. The minimum Gasteiger partial charge on any atom is -0.475 e. The quantitative estimate of drug-likeness (QED) is 0.437. The van der Waals surface area contributed by atoms with Crippen molar-refractivity contribution in [2.24, 2.45) is 5.92 Å². The van der Waals surface area contributed by atoms with E-state index >= 15 is 0 Å². The Bertz CT molecular complexity index is 1060. The highest BCUT2D eigenvalue weighted by Gasteiger charge is 2.38. The van der Waals surface area contributed by atoms with Gasteiger partial charge in [-0.25, -0.2) is 9.59 Å². The average molecular weight is 584 g/mol. The standard InChI is InChI=1S/C20H25N3OS.2C2HF3O2/c24-20(19-4-3-18(25-19)17-2-1-9-22-17)23-12-7-16(8-13-23)14-15-5-10-21-11-6-15;2*3-2(4,5)1(6)7/h3-6,10-11,16-17,22H,1-2,7-9,12-14H2;2*(H,6,7). The minimum absolute atomic E-state index is 0.219. The Hall–Kier alpha value is -3.20. The van der Waals surface area contributed by atoms with Crippen LogP contribution in [0.5, 0.6) is 0 Å². The van der Waals surface area contributed by atoms with Crippen LogP contribution in [0.4, 0.5) is 26.3 Å². The largest absolute Gasteiger partial charge is 0.490 e. The van der Waals surface area contributed by atoms with Crippen LogP contribution in [0.2, 0.25) is 0 Å². The van der Waals surface area contributed by atoms with E-state index in [0.29, 0.717) is 12.0 Å². The topological polar surface area (TPSA) is 120 Å². The molecular weight excluding hydrogens is 556 g/mol. The van der Waals surface area contributed by atoms with Gasteiger partial charge in [-0.2, -0.15) is 26.3 Å². The summed E-state index contributed by atoms with van der Waals surface area (Å²) < 4.78 is 63.5. The maximum atomic E-state index is 12.8. The van der Waals surface area contributed by atoms with Crippen molar-refractivity contribution in [3.63, 3.8) is 0 Å². The van der Waals surface area contributed by atoms with Crippen molar-refractivity contribution in [1.29, 1.82) is 0 Å². The van der Waals surface area contributed by atoms with Gasteiger partial charge in [0.25, 0.3) is 5.91 Å². The molecule has 0 spiro atoms. The van der Waals surface area contributed by atoms with Gasteiger partial charge in [-0.15, -0.1) is 11.3 Å². The molecule has 3 N–H and O–H groups in total. The summed E-state index contributed by atoms with van der Waals surface area (Å²) in [7, 11) is 0. The van der Waals surface area contributed by atoms with Crippen LogP contribution in [-0.2, 0) is 16.0 Å². The third-order valence-corrected chi connectivity index (χ3v) is 7.09. The molecule has 0 aromatic carbocycles. The molecule has 0 radical (unpaired) electrons. The molecular formula is C24H27F6N3O5S. The van der Waals surface area contributed by atoms with Crippen LogP contribution in [0.25, 0.3) is 0 Å². The number of carbonyl (C=O) groups excluding carboxylic acids is 1. The number of aliphatic carboxylic acids is 2. The highest BCUT2D eigenvalue weighted by Crippen LogP contribution is 2.31. The predicted octanol–water partition coefficient (Wildman–Crippen LogP) is 4.93. The number of carboxylic acid groups (broad SMARTS) is 2. The molecule has 2 aliphatic heterocycles. The number of alkyl halides is 6. The summed E-state index contributed by atoms with van der Waals surface area (Å²) in [4.78, 5) is 38.9. The number of hydrogen-bond donors (Lipinski definition) is 3. The van der Waals surface area contributed by atoms with Gasteiger partial charge in [0.1, 0.15) is 0 Å². The van der Waals surface area contributed by atoms with Gasteiger partial charge in [0, 0.05) is 36.4 Å². The van der Waals surface area contributed by atoms with Gasteiger partial charge in [0.15, 0.2) is 0 Å². The van der Waals surface area contributed by atoms with E-state index < -0.39 is 24.3 Å². The Balaban J connectivity index is 0.000000317. The first-order valence-electron chi connectivity index (χ1n) is 11.8. The maximum Gasteiger partial charge on any atom is 0.490 e. The number of rotatable bonds is 4. The van der Waals surface area contributed by atoms with Crippen molar-refractivity contribution in [3.8, 4) is 0 Å². The first-order chi connectivity index (χ1) is 18.2. The number of amides is 1. The fourth-order valence-electron chi connectivity index (χ4n) is 3.93. The van der Waals surface area contributed by atoms with E-state index in [4.69, 9.17) is 19.8 Å². The smallest absolute Gasteiger partial charge is 0.475 e. The molecule has 0 aliphatic carbocycles. The first kappa shape index (κ1) is 32.0. The van der Waals surface area contributed by atoms with E-state index in [1.165, 1.54) is 23.3 Å².